The van der Waals surface area contributed by atoms with Crippen molar-refractivity contribution in [2.75, 3.05) is 6.61 Å². The van der Waals surface area contributed by atoms with Crippen LogP contribution in [-0.2, 0) is 6.54 Å². The van der Waals surface area contributed by atoms with Gasteiger partial charge in [0.25, 0.3) is 5.56 Å². The molecule has 30 heavy (non-hydrogen) atoms. The first kappa shape index (κ1) is 20.3. The Morgan fingerprint density at radius 3 is 2.73 bits per heavy atom. The summed E-state index contributed by atoms with van der Waals surface area (Å²) < 4.78 is 20.4. The largest absolute Gasteiger partial charge is 0.491 e. The highest BCUT2D eigenvalue weighted by molar-refractivity contribution is 7.17. The number of halogens is 1. The number of aliphatic hydroxyl groups excluding tert-OH is 1. The number of hydrogen-bond donors (Lipinski definition) is 1. The Balaban J connectivity index is 1.56. The minimum absolute atomic E-state index is 0.0588. The van der Waals surface area contributed by atoms with Gasteiger partial charge in [-0.1, -0.05) is 24.3 Å². The SMILES string of the molecule is Cc1ccc(C)c(OC[C@H](O)Cn2cnc3scc(-c4ccc(F)cc4)c3c2=O)c1. The quantitative estimate of drug-likeness (QED) is 0.501. The third kappa shape index (κ3) is 4.13. The molecule has 5 nitrogen and oxygen atoms in total. The van der Waals surface area contributed by atoms with Crippen molar-refractivity contribution >= 4 is 21.6 Å². The first-order chi connectivity index (χ1) is 14.4. The minimum Gasteiger partial charge on any atom is -0.491 e. The van der Waals surface area contributed by atoms with Gasteiger partial charge in [-0.15, -0.1) is 11.3 Å². The number of hydrogen-bond acceptors (Lipinski definition) is 5. The van der Waals surface area contributed by atoms with Gasteiger partial charge >= 0.3 is 0 Å². The van der Waals surface area contributed by atoms with Crippen molar-refractivity contribution in [3.05, 3.63) is 81.5 Å². The summed E-state index contributed by atoms with van der Waals surface area (Å²) >= 11 is 1.36. The Labute approximate surface area is 177 Å². The molecule has 0 radical (unpaired) electrons. The van der Waals surface area contributed by atoms with Gasteiger partial charge in [0.05, 0.1) is 18.3 Å². The number of aryl methyl sites for hydroxylation is 2. The highest BCUT2D eigenvalue weighted by atomic mass is 32.1. The topological polar surface area (TPSA) is 64.3 Å². The predicted octanol–water partition coefficient (Wildman–Crippen LogP) is 4.32. The van der Waals surface area contributed by atoms with Crippen molar-refractivity contribution in [2.24, 2.45) is 0 Å². The Morgan fingerprint density at radius 1 is 1.20 bits per heavy atom. The van der Waals surface area contributed by atoms with Crippen LogP contribution in [0.1, 0.15) is 11.1 Å². The number of aliphatic hydroxyl groups is 1. The second-order valence-corrected chi connectivity index (χ2v) is 8.13. The molecule has 0 amide bonds. The highest BCUT2D eigenvalue weighted by Crippen LogP contribution is 2.30. The molecule has 0 bridgehead atoms. The van der Waals surface area contributed by atoms with E-state index in [0.29, 0.717) is 21.5 Å². The molecule has 1 atom stereocenters. The van der Waals surface area contributed by atoms with Crippen molar-refractivity contribution in [1.29, 1.82) is 0 Å². The van der Waals surface area contributed by atoms with Crippen LogP contribution in [0.4, 0.5) is 4.39 Å². The molecule has 0 aliphatic rings. The first-order valence-electron chi connectivity index (χ1n) is 9.53. The van der Waals surface area contributed by atoms with Crippen molar-refractivity contribution in [3.63, 3.8) is 0 Å². The fraction of sp³-hybridized carbons (Fsp3) is 0.217. The van der Waals surface area contributed by atoms with Crippen LogP contribution in [0.2, 0.25) is 0 Å². The van der Waals surface area contributed by atoms with Gasteiger partial charge in [-0.05, 0) is 48.7 Å². The molecular formula is C23H21FN2O3S. The lowest BCUT2D eigenvalue weighted by molar-refractivity contribution is 0.0911. The molecule has 154 valence electrons. The molecular weight excluding hydrogens is 403 g/mol. The summed E-state index contributed by atoms with van der Waals surface area (Å²) in [6.07, 6.45) is 0.561. The van der Waals surface area contributed by atoms with Crippen molar-refractivity contribution in [1.82, 2.24) is 9.55 Å². The normalized spacial score (nSPS) is 12.3. The van der Waals surface area contributed by atoms with Gasteiger partial charge in [-0.3, -0.25) is 9.36 Å². The molecule has 2 aromatic heterocycles. The van der Waals surface area contributed by atoms with E-state index in [0.717, 1.165) is 16.7 Å². The van der Waals surface area contributed by atoms with E-state index in [9.17, 15) is 14.3 Å². The zero-order chi connectivity index (χ0) is 21.3. The maximum atomic E-state index is 13.3. The summed E-state index contributed by atoms with van der Waals surface area (Å²) in [4.78, 5) is 18.0. The van der Waals surface area contributed by atoms with Gasteiger partial charge in [0, 0.05) is 10.9 Å². The Hall–Kier alpha value is -3.03. The molecule has 1 N–H and O–H groups in total. The highest BCUT2D eigenvalue weighted by Gasteiger charge is 2.16. The molecule has 0 saturated heterocycles. The summed E-state index contributed by atoms with van der Waals surface area (Å²) in [6, 6.07) is 11.9. The maximum absolute atomic E-state index is 13.3. The monoisotopic (exact) mass is 424 g/mol. The van der Waals surface area contributed by atoms with E-state index in [1.807, 2.05) is 37.4 Å². The van der Waals surface area contributed by atoms with Crippen molar-refractivity contribution in [3.8, 4) is 16.9 Å². The Kier molecular flexibility index (Phi) is 5.65. The van der Waals surface area contributed by atoms with E-state index in [-0.39, 0.29) is 24.5 Å². The Morgan fingerprint density at radius 2 is 1.97 bits per heavy atom. The van der Waals surface area contributed by atoms with Gasteiger partial charge in [0.15, 0.2) is 0 Å². The van der Waals surface area contributed by atoms with Crippen LogP contribution in [0.5, 0.6) is 5.75 Å². The van der Waals surface area contributed by atoms with Crippen molar-refractivity contribution in [2.45, 2.75) is 26.5 Å². The summed E-state index contributed by atoms with van der Waals surface area (Å²) in [6.45, 7) is 4.04. The molecule has 4 aromatic rings. The van der Waals surface area contributed by atoms with Crippen LogP contribution in [0, 0.1) is 19.7 Å². The number of fused-ring (bicyclic) bond motifs is 1. The molecule has 0 spiro atoms. The maximum Gasteiger partial charge on any atom is 0.262 e. The van der Waals surface area contributed by atoms with Crippen LogP contribution < -0.4 is 10.3 Å². The fourth-order valence-corrected chi connectivity index (χ4v) is 4.17. The fourth-order valence-electron chi connectivity index (χ4n) is 3.27. The molecule has 2 heterocycles. The standard InChI is InChI=1S/C23H21FN2O3S/c1-14-3-4-15(2)20(9-14)29-11-18(27)10-26-13-25-22-21(23(26)28)19(12-30-22)16-5-7-17(24)8-6-16/h3-9,12-13,18,27H,10-11H2,1-2H3/t18-/m1/s1. The first-order valence-corrected chi connectivity index (χ1v) is 10.4. The van der Waals surface area contributed by atoms with Crippen LogP contribution in [0.3, 0.4) is 0 Å². The van der Waals surface area contributed by atoms with Gasteiger partial charge in [-0.2, -0.15) is 0 Å². The molecule has 7 heteroatoms. The zero-order valence-electron chi connectivity index (χ0n) is 16.6. The number of aromatic nitrogens is 2. The number of rotatable bonds is 6. The number of ether oxygens (including phenoxy) is 1. The summed E-state index contributed by atoms with van der Waals surface area (Å²) in [5, 5.41) is 12.7. The van der Waals surface area contributed by atoms with Crippen LogP contribution in [0.15, 0.2) is 59.0 Å². The number of nitrogens with zero attached hydrogens (tertiary/aromatic N) is 2. The van der Waals surface area contributed by atoms with Crippen LogP contribution in [0.25, 0.3) is 21.3 Å². The molecule has 2 aromatic carbocycles. The van der Waals surface area contributed by atoms with Crippen LogP contribution in [-0.4, -0.2) is 27.4 Å². The van der Waals surface area contributed by atoms with Gasteiger partial charge < -0.3 is 9.84 Å². The average molecular weight is 424 g/mol. The molecule has 0 fully saturated rings. The van der Waals surface area contributed by atoms with Crippen LogP contribution >= 0.6 is 11.3 Å². The lowest BCUT2D eigenvalue weighted by Gasteiger charge is -2.15. The van der Waals surface area contributed by atoms with E-state index in [1.165, 1.54) is 34.4 Å². The molecule has 0 aliphatic carbocycles. The Bertz CT molecular complexity index is 1250. The van der Waals surface area contributed by atoms with Gasteiger partial charge in [0.1, 0.15) is 29.1 Å². The third-order valence-electron chi connectivity index (χ3n) is 4.90. The molecule has 4 rings (SSSR count). The van der Waals surface area contributed by atoms with E-state index in [2.05, 4.69) is 4.98 Å². The van der Waals surface area contributed by atoms with E-state index >= 15 is 0 Å². The van der Waals surface area contributed by atoms with Crippen molar-refractivity contribution < 1.29 is 14.2 Å². The lowest BCUT2D eigenvalue weighted by Crippen LogP contribution is -2.30. The second kappa shape index (κ2) is 8.38. The average Bonchev–Trinajstić information content (AvgIpc) is 3.16. The summed E-state index contributed by atoms with van der Waals surface area (Å²) in [7, 11) is 0. The van der Waals surface area contributed by atoms with E-state index in [1.54, 1.807) is 12.1 Å². The third-order valence-corrected chi connectivity index (χ3v) is 5.78. The smallest absolute Gasteiger partial charge is 0.262 e. The number of thiophene rings is 1. The van der Waals surface area contributed by atoms with E-state index in [4.69, 9.17) is 4.74 Å². The second-order valence-electron chi connectivity index (χ2n) is 7.27. The predicted molar refractivity (Wildman–Crippen MR) is 117 cm³/mol. The zero-order valence-corrected chi connectivity index (χ0v) is 17.4. The summed E-state index contributed by atoms with van der Waals surface area (Å²) in [5.41, 5.74) is 3.27. The summed E-state index contributed by atoms with van der Waals surface area (Å²) in [5.74, 6) is 0.382. The van der Waals surface area contributed by atoms with Gasteiger partial charge in [0.2, 0.25) is 0 Å². The minimum atomic E-state index is -0.880. The molecule has 0 saturated carbocycles. The molecule has 0 aliphatic heterocycles. The molecule has 0 unspecified atom stereocenters. The number of benzene rings is 2. The lowest BCUT2D eigenvalue weighted by atomic mass is 10.1. The van der Waals surface area contributed by atoms with Gasteiger partial charge in [-0.25, -0.2) is 9.37 Å². The van der Waals surface area contributed by atoms with E-state index < -0.39 is 6.10 Å².